The van der Waals surface area contributed by atoms with Gasteiger partial charge in [-0.2, -0.15) is 0 Å². The highest BCUT2D eigenvalue weighted by Crippen LogP contribution is 2.27. The smallest absolute Gasteiger partial charge is 0.206 e. The zero-order valence-electron chi connectivity index (χ0n) is 15.3. The molecule has 0 saturated carbocycles. The first-order valence-corrected chi connectivity index (χ1v) is 11.1. The molecule has 7 heteroatoms. The second-order valence-corrected chi connectivity index (χ2v) is 8.74. The van der Waals surface area contributed by atoms with E-state index in [0.29, 0.717) is 11.3 Å². The van der Waals surface area contributed by atoms with Crippen molar-refractivity contribution < 1.29 is 9.53 Å². The molecule has 28 heavy (non-hydrogen) atoms. The molecule has 1 atom stereocenters. The van der Waals surface area contributed by atoms with Crippen LogP contribution in [0.5, 0.6) is 0 Å². The topological polar surface area (TPSA) is 64.1 Å². The minimum Gasteiger partial charge on any atom is -0.376 e. The fourth-order valence-electron chi connectivity index (χ4n) is 3.04. The SMILES string of the molecule is O=C(CSc1nnc(NC[C@@H]2CCCO2)s1)c1ccc(-c2ccccc2)cc1. The van der Waals surface area contributed by atoms with Gasteiger partial charge in [-0.1, -0.05) is 77.7 Å². The maximum Gasteiger partial charge on any atom is 0.206 e. The number of carbonyl (C=O) groups is 1. The van der Waals surface area contributed by atoms with Crippen LogP contribution in [-0.2, 0) is 4.74 Å². The molecule has 0 aliphatic carbocycles. The lowest BCUT2D eigenvalue weighted by Crippen LogP contribution is -2.18. The fourth-order valence-corrected chi connectivity index (χ4v) is 4.69. The lowest BCUT2D eigenvalue weighted by Gasteiger charge is -2.08. The van der Waals surface area contributed by atoms with Crippen LogP contribution in [-0.4, -0.2) is 41.0 Å². The van der Waals surface area contributed by atoms with Gasteiger partial charge in [-0.05, 0) is 24.0 Å². The molecule has 1 saturated heterocycles. The first-order chi connectivity index (χ1) is 13.8. The summed E-state index contributed by atoms with van der Waals surface area (Å²) in [7, 11) is 0. The minimum absolute atomic E-state index is 0.0914. The third-order valence-corrected chi connectivity index (χ3v) is 6.57. The molecular weight excluding hydrogens is 390 g/mol. The molecule has 1 N–H and O–H groups in total. The molecule has 5 nitrogen and oxygen atoms in total. The molecule has 2 heterocycles. The number of aromatic nitrogens is 2. The number of rotatable bonds is 8. The van der Waals surface area contributed by atoms with Crippen molar-refractivity contribution >= 4 is 34.0 Å². The van der Waals surface area contributed by atoms with Crippen LogP contribution >= 0.6 is 23.1 Å². The number of ether oxygens (including phenoxy) is 1. The number of ketones is 1. The molecule has 1 aliphatic heterocycles. The molecule has 3 aromatic rings. The average Bonchev–Trinajstić information content (AvgIpc) is 3.43. The summed E-state index contributed by atoms with van der Waals surface area (Å²) in [6.07, 6.45) is 2.48. The standard InChI is InChI=1S/C21H21N3O2S2/c25-19(17-10-8-16(9-11-17)15-5-2-1-3-6-15)14-27-21-24-23-20(28-21)22-13-18-7-4-12-26-18/h1-3,5-6,8-11,18H,4,7,12-14H2,(H,22,23)/t18-/m0/s1. The highest BCUT2D eigenvalue weighted by atomic mass is 32.2. The molecule has 1 fully saturated rings. The molecular formula is C21H21N3O2S2. The maximum absolute atomic E-state index is 12.5. The van der Waals surface area contributed by atoms with Gasteiger partial charge in [-0.15, -0.1) is 10.2 Å². The molecule has 2 aromatic carbocycles. The van der Waals surface area contributed by atoms with E-state index in [2.05, 4.69) is 27.6 Å². The summed E-state index contributed by atoms with van der Waals surface area (Å²) in [5.74, 6) is 0.444. The van der Waals surface area contributed by atoms with Crippen molar-refractivity contribution in [1.82, 2.24) is 10.2 Å². The summed E-state index contributed by atoms with van der Waals surface area (Å²) in [6, 6.07) is 17.9. The van der Waals surface area contributed by atoms with E-state index in [4.69, 9.17) is 4.74 Å². The second-order valence-electron chi connectivity index (χ2n) is 6.54. The molecule has 144 valence electrons. The summed E-state index contributed by atoms with van der Waals surface area (Å²) >= 11 is 2.90. The van der Waals surface area contributed by atoms with Crippen molar-refractivity contribution in [3.8, 4) is 11.1 Å². The number of nitrogens with zero attached hydrogens (tertiary/aromatic N) is 2. The van der Waals surface area contributed by atoms with E-state index in [-0.39, 0.29) is 11.9 Å². The molecule has 1 aromatic heterocycles. The highest BCUT2D eigenvalue weighted by molar-refractivity contribution is 8.01. The molecule has 0 amide bonds. The van der Waals surface area contributed by atoms with Gasteiger partial charge in [-0.25, -0.2) is 0 Å². The highest BCUT2D eigenvalue weighted by Gasteiger charge is 2.16. The number of hydrogen-bond donors (Lipinski definition) is 1. The van der Waals surface area contributed by atoms with Crippen LogP contribution in [0.1, 0.15) is 23.2 Å². The molecule has 1 aliphatic rings. The first-order valence-electron chi connectivity index (χ1n) is 9.28. The quantitative estimate of drug-likeness (QED) is 0.425. The van der Waals surface area contributed by atoms with Crippen molar-refractivity contribution in [1.29, 1.82) is 0 Å². The summed E-state index contributed by atoms with van der Waals surface area (Å²) in [4.78, 5) is 12.5. The molecule has 0 unspecified atom stereocenters. The number of benzene rings is 2. The van der Waals surface area contributed by atoms with Gasteiger partial charge in [0.15, 0.2) is 10.1 Å². The van der Waals surface area contributed by atoms with Crippen LogP contribution in [0, 0.1) is 0 Å². The van der Waals surface area contributed by atoms with Crippen LogP contribution in [0.3, 0.4) is 0 Å². The zero-order valence-corrected chi connectivity index (χ0v) is 17.0. The van der Waals surface area contributed by atoms with E-state index in [1.54, 1.807) is 0 Å². The van der Waals surface area contributed by atoms with Crippen LogP contribution in [0.25, 0.3) is 11.1 Å². The number of hydrogen-bond acceptors (Lipinski definition) is 7. The summed E-state index contributed by atoms with van der Waals surface area (Å²) < 4.78 is 6.39. The van der Waals surface area contributed by atoms with E-state index < -0.39 is 0 Å². The van der Waals surface area contributed by atoms with E-state index in [9.17, 15) is 4.79 Å². The normalized spacial score (nSPS) is 16.2. The van der Waals surface area contributed by atoms with Crippen molar-refractivity contribution in [2.24, 2.45) is 0 Å². The van der Waals surface area contributed by atoms with Gasteiger partial charge in [0.25, 0.3) is 0 Å². The van der Waals surface area contributed by atoms with Crippen molar-refractivity contribution in [2.45, 2.75) is 23.3 Å². The molecule has 4 rings (SSSR count). The van der Waals surface area contributed by atoms with Crippen LogP contribution in [0.4, 0.5) is 5.13 Å². The van der Waals surface area contributed by atoms with Gasteiger partial charge in [-0.3, -0.25) is 4.79 Å². The Bertz CT molecular complexity index is 907. The molecule has 0 spiro atoms. The van der Waals surface area contributed by atoms with Gasteiger partial charge >= 0.3 is 0 Å². The van der Waals surface area contributed by atoms with Crippen molar-refractivity contribution in [3.63, 3.8) is 0 Å². The predicted molar refractivity (Wildman–Crippen MR) is 114 cm³/mol. The lowest BCUT2D eigenvalue weighted by molar-refractivity contribution is 0.102. The van der Waals surface area contributed by atoms with E-state index in [1.165, 1.54) is 23.1 Å². The van der Waals surface area contributed by atoms with Crippen LogP contribution in [0.15, 0.2) is 58.9 Å². The van der Waals surface area contributed by atoms with Crippen LogP contribution in [0.2, 0.25) is 0 Å². The largest absolute Gasteiger partial charge is 0.376 e. The van der Waals surface area contributed by atoms with E-state index in [1.807, 2.05) is 42.5 Å². The molecule has 0 radical (unpaired) electrons. The van der Waals surface area contributed by atoms with Crippen LogP contribution < -0.4 is 5.32 Å². The Morgan fingerprint density at radius 1 is 1.11 bits per heavy atom. The lowest BCUT2D eigenvalue weighted by atomic mass is 10.0. The van der Waals surface area contributed by atoms with Gasteiger partial charge in [0.2, 0.25) is 5.13 Å². The number of Topliss-reactive ketones (excluding diaryl/α,β-unsaturated/α-hetero) is 1. The minimum atomic E-state index is 0.0914. The Hall–Kier alpha value is -2.22. The Kier molecular flexibility index (Phi) is 6.36. The fraction of sp³-hybridized carbons (Fsp3) is 0.286. The second kappa shape index (κ2) is 9.32. The zero-order chi connectivity index (χ0) is 19.2. The van der Waals surface area contributed by atoms with Gasteiger partial charge in [0.1, 0.15) is 0 Å². The maximum atomic E-state index is 12.5. The van der Waals surface area contributed by atoms with Gasteiger partial charge in [0, 0.05) is 18.7 Å². The Balaban J connectivity index is 1.28. The summed E-state index contributed by atoms with van der Waals surface area (Å²) in [5.41, 5.74) is 2.97. The van der Waals surface area contributed by atoms with Gasteiger partial charge in [0.05, 0.1) is 11.9 Å². The first kappa shape index (κ1) is 19.1. The third kappa shape index (κ3) is 4.98. The third-order valence-electron chi connectivity index (χ3n) is 4.55. The summed E-state index contributed by atoms with van der Waals surface area (Å²) in [6.45, 7) is 1.60. The van der Waals surface area contributed by atoms with Crippen molar-refractivity contribution in [3.05, 3.63) is 60.2 Å². The van der Waals surface area contributed by atoms with E-state index in [0.717, 1.165) is 46.6 Å². The predicted octanol–water partition coefficient (Wildman–Crippen LogP) is 4.77. The van der Waals surface area contributed by atoms with Gasteiger partial charge < -0.3 is 10.1 Å². The molecule has 0 bridgehead atoms. The number of anilines is 1. The summed E-state index contributed by atoms with van der Waals surface area (Å²) in [5, 5.41) is 12.3. The number of thioether (sulfide) groups is 1. The number of nitrogens with one attached hydrogen (secondary N) is 1. The number of carbonyl (C=O) groups excluding carboxylic acids is 1. The van der Waals surface area contributed by atoms with Crippen molar-refractivity contribution in [2.75, 3.05) is 24.2 Å². The van der Waals surface area contributed by atoms with E-state index >= 15 is 0 Å². The average molecular weight is 412 g/mol. The Morgan fingerprint density at radius 2 is 1.89 bits per heavy atom. The Morgan fingerprint density at radius 3 is 2.64 bits per heavy atom. The monoisotopic (exact) mass is 411 g/mol. The Labute approximate surface area is 172 Å².